The minimum Gasteiger partial charge on any atom is -0.446 e. The molecular formula is C13H15N3O. The van der Waals surface area contributed by atoms with Crippen molar-refractivity contribution in [1.82, 2.24) is 4.98 Å². The zero-order chi connectivity index (χ0) is 11.7. The quantitative estimate of drug-likeness (QED) is 0.804. The molecule has 88 valence electrons. The normalized spacial score (nSPS) is 19.8. The third kappa shape index (κ3) is 1.86. The number of rotatable bonds is 2. The fourth-order valence-electron chi connectivity index (χ4n) is 2.47. The van der Waals surface area contributed by atoms with Crippen molar-refractivity contribution in [3.8, 4) is 0 Å². The molecule has 1 fully saturated rings. The predicted molar refractivity (Wildman–Crippen MR) is 66.7 cm³/mol. The first-order chi connectivity index (χ1) is 8.34. The Kier molecular flexibility index (Phi) is 2.48. The van der Waals surface area contributed by atoms with E-state index >= 15 is 0 Å². The molecule has 1 atom stereocenters. The lowest BCUT2D eigenvalue weighted by Gasteiger charge is -2.25. The molecule has 2 N–H and O–H groups in total. The van der Waals surface area contributed by atoms with Gasteiger partial charge in [-0.15, -0.1) is 0 Å². The summed E-state index contributed by atoms with van der Waals surface area (Å²) in [5, 5.41) is 0. The van der Waals surface area contributed by atoms with Crippen LogP contribution < -0.4 is 10.6 Å². The summed E-state index contributed by atoms with van der Waals surface area (Å²) in [4.78, 5) is 6.32. The monoisotopic (exact) mass is 229 g/mol. The molecule has 1 saturated heterocycles. The second-order valence-corrected chi connectivity index (χ2v) is 4.35. The van der Waals surface area contributed by atoms with Gasteiger partial charge >= 0.3 is 0 Å². The SMILES string of the molecule is Nc1cccc(N2CCCC2c2cnco2)c1. The lowest BCUT2D eigenvalue weighted by atomic mass is 10.1. The molecule has 3 rings (SSSR count). The van der Waals surface area contributed by atoms with Crippen LogP contribution in [-0.2, 0) is 0 Å². The number of aromatic nitrogens is 1. The van der Waals surface area contributed by atoms with Gasteiger partial charge in [-0.2, -0.15) is 0 Å². The highest BCUT2D eigenvalue weighted by molar-refractivity contribution is 5.57. The molecule has 1 aromatic carbocycles. The molecule has 0 spiro atoms. The molecule has 0 bridgehead atoms. The van der Waals surface area contributed by atoms with Gasteiger partial charge in [0.25, 0.3) is 0 Å². The molecular weight excluding hydrogens is 214 g/mol. The molecule has 17 heavy (non-hydrogen) atoms. The van der Waals surface area contributed by atoms with Crippen molar-refractivity contribution < 1.29 is 4.42 Å². The van der Waals surface area contributed by atoms with E-state index in [1.54, 1.807) is 6.20 Å². The predicted octanol–water partition coefficient (Wildman–Crippen LogP) is 2.60. The minimum absolute atomic E-state index is 0.291. The largest absolute Gasteiger partial charge is 0.446 e. The summed E-state index contributed by atoms with van der Waals surface area (Å²) in [5.41, 5.74) is 7.78. The van der Waals surface area contributed by atoms with E-state index in [9.17, 15) is 0 Å². The molecule has 4 nitrogen and oxygen atoms in total. The van der Waals surface area contributed by atoms with Crippen LogP contribution in [-0.4, -0.2) is 11.5 Å². The van der Waals surface area contributed by atoms with Crippen LogP contribution in [0.4, 0.5) is 11.4 Å². The van der Waals surface area contributed by atoms with Gasteiger partial charge in [-0.3, -0.25) is 0 Å². The number of benzene rings is 1. The first kappa shape index (κ1) is 10.2. The Morgan fingerprint density at radius 3 is 3.12 bits per heavy atom. The average molecular weight is 229 g/mol. The molecule has 2 aromatic rings. The number of hydrogen-bond donors (Lipinski definition) is 1. The minimum atomic E-state index is 0.291. The number of nitrogens with two attached hydrogens (primary N) is 1. The van der Waals surface area contributed by atoms with Gasteiger partial charge < -0.3 is 15.1 Å². The van der Waals surface area contributed by atoms with E-state index in [0.717, 1.165) is 30.1 Å². The van der Waals surface area contributed by atoms with E-state index in [-0.39, 0.29) is 0 Å². The Hall–Kier alpha value is -1.97. The van der Waals surface area contributed by atoms with Gasteiger partial charge in [0.2, 0.25) is 0 Å². The van der Waals surface area contributed by atoms with Gasteiger partial charge in [0.1, 0.15) is 5.76 Å². The van der Waals surface area contributed by atoms with E-state index in [1.165, 1.54) is 12.8 Å². The summed E-state index contributed by atoms with van der Waals surface area (Å²) >= 11 is 0. The third-order valence-corrected chi connectivity index (χ3v) is 3.23. The molecule has 2 heterocycles. The molecule has 0 saturated carbocycles. The van der Waals surface area contributed by atoms with E-state index in [4.69, 9.17) is 10.2 Å². The molecule has 0 radical (unpaired) electrons. The van der Waals surface area contributed by atoms with Crippen LogP contribution in [0.15, 0.2) is 41.3 Å². The van der Waals surface area contributed by atoms with E-state index in [2.05, 4.69) is 16.0 Å². The Balaban J connectivity index is 1.92. The third-order valence-electron chi connectivity index (χ3n) is 3.23. The van der Waals surface area contributed by atoms with Crippen molar-refractivity contribution in [1.29, 1.82) is 0 Å². The lowest BCUT2D eigenvalue weighted by molar-refractivity contribution is 0.462. The van der Waals surface area contributed by atoms with Crippen LogP contribution >= 0.6 is 0 Å². The molecule has 1 aromatic heterocycles. The van der Waals surface area contributed by atoms with Crippen LogP contribution in [0.25, 0.3) is 0 Å². The summed E-state index contributed by atoms with van der Waals surface area (Å²) in [6.45, 7) is 1.04. The Morgan fingerprint density at radius 2 is 2.35 bits per heavy atom. The van der Waals surface area contributed by atoms with Gasteiger partial charge in [0, 0.05) is 17.9 Å². The maximum Gasteiger partial charge on any atom is 0.180 e. The van der Waals surface area contributed by atoms with Crippen LogP contribution in [0.5, 0.6) is 0 Å². The highest BCUT2D eigenvalue weighted by Crippen LogP contribution is 2.36. The number of anilines is 2. The maximum absolute atomic E-state index is 5.83. The number of oxazole rings is 1. The van der Waals surface area contributed by atoms with E-state index < -0.39 is 0 Å². The summed E-state index contributed by atoms with van der Waals surface area (Å²) in [6, 6.07) is 8.28. The Bertz CT molecular complexity index is 495. The molecule has 1 unspecified atom stereocenters. The zero-order valence-corrected chi connectivity index (χ0v) is 9.54. The summed E-state index contributed by atoms with van der Waals surface area (Å²) in [7, 11) is 0. The lowest BCUT2D eigenvalue weighted by Crippen LogP contribution is -2.22. The van der Waals surface area contributed by atoms with Crippen molar-refractivity contribution >= 4 is 11.4 Å². The summed E-state index contributed by atoms with van der Waals surface area (Å²) in [5.74, 6) is 0.935. The first-order valence-electron chi connectivity index (χ1n) is 5.85. The Morgan fingerprint density at radius 1 is 1.41 bits per heavy atom. The molecule has 1 aliphatic heterocycles. The molecule has 1 aliphatic rings. The van der Waals surface area contributed by atoms with Crippen molar-refractivity contribution in [2.75, 3.05) is 17.2 Å². The van der Waals surface area contributed by atoms with Crippen LogP contribution in [0.1, 0.15) is 24.6 Å². The van der Waals surface area contributed by atoms with Crippen LogP contribution in [0.3, 0.4) is 0 Å². The number of hydrogen-bond acceptors (Lipinski definition) is 4. The second kappa shape index (κ2) is 4.13. The first-order valence-corrected chi connectivity index (χ1v) is 5.85. The average Bonchev–Trinajstić information content (AvgIpc) is 3.00. The maximum atomic E-state index is 5.83. The standard InChI is InChI=1S/C13H15N3O/c14-10-3-1-4-11(7-10)16-6-2-5-12(16)13-8-15-9-17-13/h1,3-4,7-9,12H,2,5-6,14H2. The zero-order valence-electron chi connectivity index (χ0n) is 9.54. The second-order valence-electron chi connectivity index (χ2n) is 4.35. The van der Waals surface area contributed by atoms with Gasteiger partial charge in [-0.25, -0.2) is 4.98 Å². The number of nitrogens with zero attached hydrogens (tertiary/aromatic N) is 2. The fourth-order valence-corrected chi connectivity index (χ4v) is 2.47. The van der Waals surface area contributed by atoms with Crippen molar-refractivity contribution in [3.63, 3.8) is 0 Å². The van der Waals surface area contributed by atoms with Crippen molar-refractivity contribution in [2.45, 2.75) is 18.9 Å². The molecule has 4 heteroatoms. The topological polar surface area (TPSA) is 55.3 Å². The summed E-state index contributed by atoms with van der Waals surface area (Å²) in [6.07, 6.45) is 5.56. The van der Waals surface area contributed by atoms with Gasteiger partial charge in [0.05, 0.1) is 12.2 Å². The van der Waals surface area contributed by atoms with Crippen molar-refractivity contribution in [2.24, 2.45) is 0 Å². The van der Waals surface area contributed by atoms with E-state index in [0.29, 0.717) is 6.04 Å². The van der Waals surface area contributed by atoms with E-state index in [1.807, 2.05) is 18.2 Å². The van der Waals surface area contributed by atoms with Crippen LogP contribution in [0.2, 0.25) is 0 Å². The highest BCUT2D eigenvalue weighted by atomic mass is 16.3. The molecule has 0 amide bonds. The fraction of sp³-hybridized carbons (Fsp3) is 0.308. The smallest absolute Gasteiger partial charge is 0.180 e. The number of nitrogen functional groups attached to an aromatic ring is 1. The summed E-state index contributed by atoms with van der Waals surface area (Å²) < 4.78 is 5.42. The molecule has 0 aliphatic carbocycles. The van der Waals surface area contributed by atoms with Gasteiger partial charge in [-0.1, -0.05) is 6.07 Å². The van der Waals surface area contributed by atoms with Gasteiger partial charge in [0.15, 0.2) is 6.39 Å². The highest BCUT2D eigenvalue weighted by Gasteiger charge is 2.28. The van der Waals surface area contributed by atoms with Gasteiger partial charge in [-0.05, 0) is 31.0 Å². The Labute approximate surface area is 100 Å². The van der Waals surface area contributed by atoms with Crippen LogP contribution in [0, 0.1) is 0 Å². The van der Waals surface area contributed by atoms with Crippen molar-refractivity contribution in [3.05, 3.63) is 42.6 Å².